The Hall–Kier alpha value is -2.71. The topological polar surface area (TPSA) is 92.3 Å². The lowest BCUT2D eigenvalue weighted by atomic mass is 9.57. The van der Waals surface area contributed by atoms with E-state index in [0.717, 1.165) is 29.9 Å². The molecule has 6 rings (SSSR count). The van der Waals surface area contributed by atoms with E-state index in [4.69, 9.17) is 5.73 Å². The maximum atomic E-state index is 11.2. The average Bonchev–Trinajstić information content (AvgIpc) is 3.46. The molecule has 3 N–H and O–H groups in total. The van der Waals surface area contributed by atoms with E-state index in [2.05, 4.69) is 59.1 Å². The fraction of sp³-hybridized carbons (Fsp3) is 0.500. The number of thiophene rings is 1. The summed E-state index contributed by atoms with van der Waals surface area (Å²) in [5, 5.41) is 4.37. The van der Waals surface area contributed by atoms with Crippen LogP contribution >= 0.6 is 11.3 Å². The highest BCUT2D eigenvalue weighted by molar-refractivity contribution is 7.19. The fourth-order valence-electron chi connectivity index (χ4n) is 6.23. The molecule has 2 fully saturated rings. The van der Waals surface area contributed by atoms with Crippen LogP contribution in [0.1, 0.15) is 67.4 Å². The monoisotopic (exact) mass is 476 g/mol. The van der Waals surface area contributed by atoms with Gasteiger partial charge in [0.1, 0.15) is 6.33 Å². The number of aromatic nitrogens is 4. The smallest absolute Gasteiger partial charge is 0.231 e. The van der Waals surface area contributed by atoms with E-state index in [-0.39, 0.29) is 5.91 Å². The van der Waals surface area contributed by atoms with Crippen molar-refractivity contribution < 1.29 is 4.79 Å². The van der Waals surface area contributed by atoms with Gasteiger partial charge in [0.25, 0.3) is 0 Å². The second-order valence-corrected chi connectivity index (χ2v) is 11.8. The normalized spacial score (nSPS) is 18.9. The van der Waals surface area contributed by atoms with Gasteiger partial charge in [0.15, 0.2) is 5.65 Å². The van der Waals surface area contributed by atoms with Crippen LogP contribution in [-0.4, -0.2) is 50.0 Å². The minimum absolute atomic E-state index is 0.215. The number of likely N-dealkylation sites (tertiary alicyclic amines) is 1. The van der Waals surface area contributed by atoms with Crippen LogP contribution in [0.5, 0.6) is 0 Å². The van der Waals surface area contributed by atoms with Crippen LogP contribution in [0.15, 0.2) is 24.7 Å². The first-order chi connectivity index (χ1) is 16.3. The van der Waals surface area contributed by atoms with Crippen molar-refractivity contribution in [3.05, 3.63) is 40.7 Å². The number of nitrogens with zero attached hydrogens (tertiary/aromatic N) is 4. The van der Waals surface area contributed by atoms with Gasteiger partial charge in [-0.3, -0.25) is 9.69 Å². The van der Waals surface area contributed by atoms with Gasteiger partial charge in [-0.05, 0) is 86.2 Å². The molecule has 2 aliphatic rings. The Morgan fingerprint density at radius 3 is 2.76 bits per heavy atom. The van der Waals surface area contributed by atoms with Crippen molar-refractivity contribution in [3.8, 4) is 11.3 Å². The Kier molecular flexibility index (Phi) is 5.08. The predicted molar refractivity (Wildman–Crippen MR) is 136 cm³/mol. The number of fused-ring (bicyclic) bond motifs is 2. The van der Waals surface area contributed by atoms with Crippen LogP contribution in [-0.2, 0) is 4.79 Å². The Morgan fingerprint density at radius 2 is 2.06 bits per heavy atom. The van der Waals surface area contributed by atoms with E-state index < -0.39 is 0 Å². The third kappa shape index (κ3) is 3.55. The largest absolute Gasteiger partial charge is 0.369 e. The van der Waals surface area contributed by atoms with E-state index in [1.54, 1.807) is 6.33 Å². The predicted octanol–water partition coefficient (Wildman–Crippen LogP) is 4.82. The lowest BCUT2D eigenvalue weighted by molar-refractivity contribution is -0.120. The number of nitrogens with one attached hydrogen (secondary N) is 1. The summed E-state index contributed by atoms with van der Waals surface area (Å²) in [6.45, 7) is 9.05. The van der Waals surface area contributed by atoms with Crippen molar-refractivity contribution in [2.24, 2.45) is 11.1 Å². The zero-order chi connectivity index (χ0) is 23.6. The van der Waals surface area contributed by atoms with E-state index in [9.17, 15) is 4.79 Å². The van der Waals surface area contributed by atoms with E-state index in [1.807, 2.05) is 15.9 Å². The molecule has 4 aromatic rings. The number of amides is 1. The maximum absolute atomic E-state index is 11.2. The fourth-order valence-corrected chi connectivity index (χ4v) is 7.64. The van der Waals surface area contributed by atoms with Crippen LogP contribution in [0.25, 0.3) is 27.1 Å². The molecule has 0 unspecified atom stereocenters. The molecule has 0 aromatic carbocycles. The number of aromatic amines is 1. The Morgan fingerprint density at radius 1 is 1.29 bits per heavy atom. The van der Waals surface area contributed by atoms with Gasteiger partial charge >= 0.3 is 0 Å². The van der Waals surface area contributed by atoms with Gasteiger partial charge < -0.3 is 10.7 Å². The summed E-state index contributed by atoms with van der Waals surface area (Å²) in [6, 6.07) is 4.61. The van der Waals surface area contributed by atoms with E-state index in [1.165, 1.54) is 52.0 Å². The maximum Gasteiger partial charge on any atom is 0.231 e. The highest BCUT2D eigenvalue weighted by Crippen LogP contribution is 2.58. The summed E-state index contributed by atoms with van der Waals surface area (Å²) in [7, 11) is 0. The molecule has 5 heterocycles. The van der Waals surface area contributed by atoms with Crippen LogP contribution in [0.4, 0.5) is 0 Å². The zero-order valence-corrected chi connectivity index (χ0v) is 20.9. The number of carbonyl (C=O) groups is 1. The van der Waals surface area contributed by atoms with Gasteiger partial charge in [-0.1, -0.05) is 13.8 Å². The molecule has 0 bridgehead atoms. The number of rotatable bonds is 5. The Labute approximate surface area is 203 Å². The molecule has 8 heteroatoms. The van der Waals surface area contributed by atoms with Crippen molar-refractivity contribution in [1.29, 1.82) is 0 Å². The summed E-state index contributed by atoms with van der Waals surface area (Å²) >= 11 is 1.98. The lowest BCUT2D eigenvalue weighted by Gasteiger charge is -2.52. The molecule has 178 valence electrons. The molecule has 1 saturated carbocycles. The Balaban J connectivity index is 1.25. The van der Waals surface area contributed by atoms with E-state index >= 15 is 0 Å². The molecule has 1 amide bonds. The summed E-state index contributed by atoms with van der Waals surface area (Å²) in [5.74, 6) is 0.864. The number of hydrogen-bond acceptors (Lipinski definition) is 5. The number of pyridine rings is 1. The molecule has 0 atom stereocenters. The summed E-state index contributed by atoms with van der Waals surface area (Å²) in [6.07, 6.45) is 8.61. The minimum Gasteiger partial charge on any atom is -0.369 e. The number of aryl methyl sites for hydroxylation is 1. The number of piperidine rings is 1. The van der Waals surface area contributed by atoms with Crippen molar-refractivity contribution in [3.63, 3.8) is 0 Å². The highest BCUT2D eigenvalue weighted by atomic mass is 32.1. The zero-order valence-electron chi connectivity index (χ0n) is 20.1. The standard InChI is InChI=1S/C26H32N6OS/c1-15(2)22-23(17-8-16(3)25-28-14-29-32(25)12-17)30-19-9-20(34-24(19)22)18-10-26(11-18)4-6-31(7-5-26)13-21(27)33/h8-9,12,14-15,18,30H,4-7,10-11,13H2,1-3H3,(H2,27,33). The first-order valence-electron chi connectivity index (χ1n) is 12.3. The van der Waals surface area contributed by atoms with Gasteiger partial charge in [0.2, 0.25) is 5.91 Å². The van der Waals surface area contributed by atoms with Gasteiger partial charge in [-0.2, -0.15) is 5.10 Å². The molecule has 1 aliphatic carbocycles. The van der Waals surface area contributed by atoms with Gasteiger partial charge in [0.05, 0.1) is 22.5 Å². The van der Waals surface area contributed by atoms with Crippen LogP contribution in [0.3, 0.4) is 0 Å². The number of nitrogens with two attached hydrogens (primary N) is 1. The van der Waals surface area contributed by atoms with Crippen LogP contribution in [0, 0.1) is 12.3 Å². The first kappa shape index (κ1) is 21.8. The average molecular weight is 477 g/mol. The molecule has 1 aliphatic heterocycles. The first-order valence-corrected chi connectivity index (χ1v) is 13.1. The second-order valence-electron chi connectivity index (χ2n) is 10.7. The summed E-state index contributed by atoms with van der Waals surface area (Å²) < 4.78 is 3.27. The third-order valence-electron chi connectivity index (χ3n) is 8.01. The Bertz CT molecular complexity index is 1380. The van der Waals surface area contributed by atoms with Crippen LogP contribution < -0.4 is 5.73 Å². The summed E-state index contributed by atoms with van der Waals surface area (Å²) in [4.78, 5) is 23.1. The van der Waals surface area contributed by atoms with Gasteiger partial charge in [-0.25, -0.2) is 9.50 Å². The van der Waals surface area contributed by atoms with Crippen LogP contribution in [0.2, 0.25) is 0 Å². The molecule has 0 radical (unpaired) electrons. The van der Waals surface area contributed by atoms with Crippen molar-refractivity contribution >= 4 is 33.1 Å². The number of primary amides is 1. The SMILES string of the molecule is Cc1cc(-c2[nH]c3cc(C4CC5(CCN(CC(N)=O)CC5)C4)sc3c2C(C)C)cn2ncnc12. The number of H-pyrrole nitrogens is 1. The van der Waals surface area contributed by atoms with Crippen molar-refractivity contribution in [2.75, 3.05) is 19.6 Å². The lowest BCUT2D eigenvalue weighted by Crippen LogP contribution is -2.48. The molecular weight excluding hydrogens is 444 g/mol. The van der Waals surface area contributed by atoms with Crippen molar-refractivity contribution in [2.45, 2.75) is 58.3 Å². The van der Waals surface area contributed by atoms with Crippen molar-refractivity contribution in [1.82, 2.24) is 24.5 Å². The molecule has 1 spiro atoms. The molecule has 1 saturated heterocycles. The molecule has 34 heavy (non-hydrogen) atoms. The molecule has 4 aromatic heterocycles. The number of carbonyl (C=O) groups excluding carboxylic acids is 1. The number of hydrogen-bond donors (Lipinski definition) is 2. The highest BCUT2D eigenvalue weighted by Gasteiger charge is 2.46. The van der Waals surface area contributed by atoms with E-state index in [0.29, 0.717) is 23.8 Å². The summed E-state index contributed by atoms with van der Waals surface area (Å²) in [5.41, 5.74) is 12.9. The molecular formula is C26H32N6OS. The second kappa shape index (κ2) is 7.92. The third-order valence-corrected chi connectivity index (χ3v) is 9.34. The molecule has 7 nitrogen and oxygen atoms in total. The quantitative estimate of drug-likeness (QED) is 0.432. The minimum atomic E-state index is -0.215. The van der Waals surface area contributed by atoms with Gasteiger partial charge in [0, 0.05) is 16.6 Å². The van der Waals surface area contributed by atoms with Gasteiger partial charge in [-0.15, -0.1) is 11.3 Å².